The number of imide groups is 1. The van der Waals surface area contributed by atoms with Crippen molar-refractivity contribution in [2.45, 2.75) is 121 Å². The van der Waals surface area contributed by atoms with E-state index in [1.54, 1.807) is 43.5 Å². The zero-order valence-corrected chi connectivity index (χ0v) is 62.4. The quantitative estimate of drug-likeness (QED) is 0.0103. The molecule has 0 saturated heterocycles. The Morgan fingerprint density at radius 1 is 0.613 bits per heavy atom. The fourth-order valence-corrected chi connectivity index (χ4v) is 13.0. The van der Waals surface area contributed by atoms with Crippen LogP contribution in [-0.4, -0.2) is 249 Å². The maximum absolute atomic E-state index is 15.7. The first-order chi connectivity index (χ1) is 53.8. The number of hydrogen-bond donors (Lipinski definition) is 9. The minimum absolute atomic E-state index is 0.000662. The van der Waals surface area contributed by atoms with Gasteiger partial charge in [-0.3, -0.25) is 57.6 Å². The van der Waals surface area contributed by atoms with Crippen molar-refractivity contribution in [3.8, 4) is 11.4 Å². The molecule has 1 saturated carbocycles. The molecule has 2 aromatic carbocycles. The van der Waals surface area contributed by atoms with Gasteiger partial charge >= 0.3 is 5.97 Å². The van der Waals surface area contributed by atoms with Crippen LogP contribution in [0.5, 0.6) is 0 Å². The van der Waals surface area contributed by atoms with Gasteiger partial charge < -0.3 is 99.6 Å². The van der Waals surface area contributed by atoms with Crippen LogP contribution in [0.15, 0.2) is 59.4 Å². The van der Waals surface area contributed by atoms with Crippen molar-refractivity contribution in [1.29, 1.82) is 0 Å². The van der Waals surface area contributed by atoms with E-state index in [1.165, 1.54) is 22.8 Å². The zero-order chi connectivity index (χ0) is 78.9. The van der Waals surface area contributed by atoms with Crippen molar-refractivity contribution in [3.63, 3.8) is 0 Å². The van der Waals surface area contributed by atoms with Crippen molar-refractivity contribution in [2.75, 3.05) is 152 Å². The van der Waals surface area contributed by atoms with Crippen molar-refractivity contribution in [1.82, 2.24) is 57.0 Å². The summed E-state index contributed by atoms with van der Waals surface area (Å²) in [6, 6.07) is 9.17. The fraction of sp³-hybridized carbons (Fsp3) is 0.566. The van der Waals surface area contributed by atoms with E-state index in [0.717, 1.165) is 23.3 Å². The largest absolute Gasteiger partial charge is 0.458 e. The molecule has 3 aliphatic heterocycles. The highest BCUT2D eigenvalue weighted by atomic mass is 19.1. The third kappa shape index (κ3) is 26.3. The number of cyclic esters (lactones) is 1. The monoisotopic (exact) mass is 1550 g/mol. The lowest BCUT2D eigenvalue weighted by molar-refractivity contribution is -0.173. The van der Waals surface area contributed by atoms with Crippen LogP contribution in [0, 0.1) is 11.7 Å². The van der Waals surface area contributed by atoms with E-state index >= 15 is 4.39 Å². The Balaban J connectivity index is 0.663. The highest BCUT2D eigenvalue weighted by Crippen LogP contribution is 2.46. The van der Waals surface area contributed by atoms with Crippen molar-refractivity contribution < 1.29 is 110 Å². The molecule has 4 aromatic rings. The van der Waals surface area contributed by atoms with Gasteiger partial charge in [0.2, 0.25) is 47.3 Å². The number of aromatic nitrogens is 2. The molecular formula is C76H100FN11O23. The first-order valence-electron chi connectivity index (χ1n) is 37.5. The van der Waals surface area contributed by atoms with E-state index in [-0.39, 0.29) is 102 Å². The summed E-state index contributed by atoms with van der Waals surface area (Å²) >= 11 is 0. The van der Waals surface area contributed by atoms with Crippen LogP contribution in [0.2, 0.25) is 0 Å². The number of nitrogens with one attached hydrogen (secondary N) is 8. The highest BCUT2D eigenvalue weighted by Gasteiger charge is 2.50. The minimum atomic E-state index is -2.03. The molecule has 1 fully saturated rings. The van der Waals surface area contributed by atoms with Crippen LogP contribution in [-0.2, 0) is 145 Å². The summed E-state index contributed by atoms with van der Waals surface area (Å²) in [5.41, 5.74) is 1.97. The van der Waals surface area contributed by atoms with E-state index in [9.17, 15) is 62.6 Å². The summed E-state index contributed by atoms with van der Waals surface area (Å²) in [7, 11) is 1.61. The fourth-order valence-electron chi connectivity index (χ4n) is 13.0. The first-order valence-corrected chi connectivity index (χ1v) is 37.5. The van der Waals surface area contributed by atoms with E-state index in [0.29, 0.717) is 162 Å². The number of amides is 10. The summed E-state index contributed by atoms with van der Waals surface area (Å²) in [5.74, 6) is -7.37. The molecule has 9 rings (SSSR count). The first kappa shape index (κ1) is 85.4. The molecule has 5 aliphatic rings. The van der Waals surface area contributed by atoms with Gasteiger partial charge in [0.15, 0.2) is 5.60 Å². The number of halogens is 1. The second kappa shape index (κ2) is 44.5. The molecular weight excluding hydrogens is 1450 g/mol. The van der Waals surface area contributed by atoms with E-state index in [1.807, 2.05) is 0 Å². The van der Waals surface area contributed by atoms with Crippen molar-refractivity contribution in [3.05, 3.63) is 110 Å². The SMILES string of the molecule is COCCOCCOCCOCCOCCOCCOCCOCCNC(=O)[C@H](CCC(=O)NCC(=O)NCC(=O)N[C@@H](Cc1ccccc1)C(=O)NCC(=O)NCOCC(=O)NCc1c2c(nc3cc(F)c4c(c13)CCC4)-c1cc3c(c(=O)n1C2)COC(=O)[C@]3(O)CC1CC1)NC(=O)CCCCCN1C(=O)C=CC1=O. The molecule has 10 amide bonds. The average molecular weight is 1550 g/mol. The number of ether oxygens (including phenoxy) is 10. The van der Waals surface area contributed by atoms with E-state index in [4.69, 9.17) is 52.4 Å². The molecule has 35 heteroatoms. The summed E-state index contributed by atoms with van der Waals surface area (Å²) in [6.45, 7) is 2.81. The summed E-state index contributed by atoms with van der Waals surface area (Å²) in [4.78, 5) is 163. The van der Waals surface area contributed by atoms with Crippen LogP contribution in [0.3, 0.4) is 0 Å². The molecule has 0 unspecified atom stereocenters. The standard InChI is InChI=1S/C76H100FN11O23/c1-102-23-24-104-27-28-106-31-32-108-35-36-109-34-33-107-30-29-105-26-25-103-22-20-78-72(97)58(84-63(90)13-6-3-7-21-87-68(95)18-19-69(87)96)16-17-62(89)80-42-64(91)81-44-66(93)85-60(37-49-9-4-2-5-10-49)73(98)82-43-65(92)83-48-110-47-67(94)79-41-53-54-45-88-61(71(54)86-59-39-57(77)51-11-8-12-52(51)70(53)59)38-56-55(74(88)99)46-111-75(100)76(56,101)40-50-14-15-50/h2,4-5,9-10,18-19,38-39,50,58,60,101H,3,6-8,11-17,20-37,40-48H2,1H3,(H,78,97)(H,79,94)(H,80,89)(H,81,91)(H,82,98)(H,83,92)(H,84,90)(H,85,93)/t58-,60-,76-/m0/s1. The number of nitrogens with zero attached hydrogens (tertiary/aromatic N) is 3. The van der Waals surface area contributed by atoms with Crippen LogP contribution in [0.1, 0.15) is 103 Å². The second-order valence-corrected chi connectivity index (χ2v) is 27.0. The van der Waals surface area contributed by atoms with Crippen LogP contribution in [0.4, 0.5) is 4.39 Å². The molecule has 111 heavy (non-hydrogen) atoms. The van der Waals surface area contributed by atoms with Gasteiger partial charge in [-0.15, -0.1) is 0 Å². The average Bonchev–Trinajstić information content (AvgIpc) is 1.57. The molecule has 2 aliphatic carbocycles. The van der Waals surface area contributed by atoms with Crippen molar-refractivity contribution in [2.24, 2.45) is 5.92 Å². The number of aliphatic hydroxyl groups is 1. The van der Waals surface area contributed by atoms with E-state index in [2.05, 4.69) is 42.5 Å². The Hall–Kier alpha value is -9.56. The molecule has 5 heterocycles. The van der Waals surface area contributed by atoms with Crippen molar-refractivity contribution >= 4 is 75.9 Å². The molecule has 3 atom stereocenters. The lowest BCUT2D eigenvalue weighted by atomic mass is 9.84. The smallest absolute Gasteiger partial charge is 0.343 e. The number of carbonyl (C=O) groups excluding carboxylic acids is 11. The number of hydrogen-bond acceptors (Lipinski definition) is 24. The van der Waals surface area contributed by atoms with Gasteiger partial charge in [0, 0.05) is 80.7 Å². The number of carbonyl (C=O) groups is 11. The summed E-state index contributed by atoms with van der Waals surface area (Å²) in [5, 5.41) is 33.0. The maximum atomic E-state index is 15.7. The Bertz CT molecular complexity index is 3990. The van der Waals surface area contributed by atoms with E-state index < -0.39 is 127 Å². The number of aryl methyl sites for hydroxylation is 1. The Morgan fingerprint density at radius 2 is 1.21 bits per heavy atom. The van der Waals surface area contributed by atoms with Crippen LogP contribution in [0.25, 0.3) is 22.3 Å². The molecule has 0 bridgehead atoms. The predicted octanol–water partition coefficient (Wildman–Crippen LogP) is -0.491. The summed E-state index contributed by atoms with van der Waals surface area (Å²) < 4.78 is 71.3. The maximum Gasteiger partial charge on any atom is 0.343 e. The molecule has 34 nitrogen and oxygen atoms in total. The lowest BCUT2D eigenvalue weighted by Crippen LogP contribution is -2.52. The van der Waals surface area contributed by atoms with Gasteiger partial charge in [-0.05, 0) is 79.2 Å². The van der Waals surface area contributed by atoms with Gasteiger partial charge in [0.05, 0.1) is 148 Å². The molecule has 0 radical (unpaired) electrons. The third-order valence-electron chi connectivity index (χ3n) is 18.9. The van der Waals surface area contributed by atoms with Gasteiger partial charge in [0.25, 0.3) is 17.4 Å². The normalized spacial score (nSPS) is 15.8. The number of pyridine rings is 2. The molecule has 9 N–H and O–H groups in total. The van der Waals surface area contributed by atoms with Gasteiger partial charge in [0.1, 0.15) is 37.8 Å². The summed E-state index contributed by atoms with van der Waals surface area (Å²) in [6.07, 6.45) is 6.70. The molecule has 604 valence electrons. The van der Waals surface area contributed by atoms with Crippen LogP contribution >= 0.6 is 0 Å². The predicted molar refractivity (Wildman–Crippen MR) is 392 cm³/mol. The Morgan fingerprint density at radius 3 is 1.86 bits per heavy atom. The Labute approximate surface area is 640 Å². The topological polar surface area (TPSA) is 435 Å². The molecule has 2 aromatic heterocycles. The number of unbranched alkanes of at least 4 members (excludes halogenated alkanes) is 2. The molecule has 0 spiro atoms. The van der Waals surface area contributed by atoms with Gasteiger partial charge in [-0.2, -0.15) is 0 Å². The highest BCUT2D eigenvalue weighted by molar-refractivity contribution is 6.12. The minimum Gasteiger partial charge on any atom is -0.458 e. The number of esters is 1. The van der Waals surface area contributed by atoms with Gasteiger partial charge in [-0.25, -0.2) is 14.2 Å². The number of fused-ring (bicyclic) bond motifs is 7. The lowest BCUT2D eigenvalue weighted by Gasteiger charge is -2.32. The van der Waals surface area contributed by atoms with Gasteiger partial charge in [-0.1, -0.05) is 49.6 Å². The zero-order valence-electron chi connectivity index (χ0n) is 62.4. The Kier molecular flexibility index (Phi) is 34.2. The van der Waals surface area contributed by atoms with Crippen LogP contribution < -0.4 is 48.1 Å². The number of rotatable bonds is 53. The number of methoxy groups -OCH3 is 1. The third-order valence-corrected chi connectivity index (χ3v) is 18.9. The second-order valence-electron chi connectivity index (χ2n) is 27.0. The number of benzene rings is 2.